The van der Waals surface area contributed by atoms with E-state index in [2.05, 4.69) is 11.0 Å². The van der Waals surface area contributed by atoms with Gasteiger partial charge in [0.25, 0.3) is 0 Å². The van der Waals surface area contributed by atoms with Crippen LogP contribution < -0.4 is 11.0 Å². The zero-order chi connectivity index (χ0) is 5.82. The van der Waals surface area contributed by atoms with Crippen molar-refractivity contribution in [2.24, 2.45) is 0 Å². The Labute approximate surface area is 48.4 Å². The molecule has 48 valence electrons. The Balaban J connectivity index is 2.13. The molecule has 0 bridgehead atoms. The number of nitrogens with zero attached hydrogens (tertiary/aromatic N) is 1. The van der Waals surface area contributed by atoms with Gasteiger partial charge in [0, 0.05) is 13.1 Å². The number of rotatable bonds is 1. The maximum absolute atomic E-state index is 8.51. The molecule has 1 fully saturated rings. The molecule has 0 unspecified atom stereocenters. The van der Waals surface area contributed by atoms with Crippen LogP contribution in [0.5, 0.6) is 0 Å². The Bertz CT molecular complexity index is 62.3. The van der Waals surface area contributed by atoms with Crippen molar-refractivity contribution < 1.29 is 5.11 Å². The molecule has 0 amide bonds. The maximum atomic E-state index is 8.51. The summed E-state index contributed by atoms with van der Waals surface area (Å²) in [4.78, 5) is 0. The van der Waals surface area contributed by atoms with Gasteiger partial charge in [-0.25, -0.2) is 10.4 Å². The summed E-state index contributed by atoms with van der Waals surface area (Å²) >= 11 is 0. The molecule has 3 N–H and O–H groups in total. The number of nitrogens with one attached hydrogen (secondary N) is 2. The molecule has 0 aliphatic carbocycles. The molecule has 4 heteroatoms. The van der Waals surface area contributed by atoms with Gasteiger partial charge in [0.15, 0.2) is 0 Å². The summed E-state index contributed by atoms with van der Waals surface area (Å²) in [6.45, 7) is 1.98. The second-order valence-electron chi connectivity index (χ2n) is 1.80. The fourth-order valence-electron chi connectivity index (χ4n) is 0.688. The number of hydrogen-bond acceptors (Lipinski definition) is 4. The lowest BCUT2D eigenvalue weighted by atomic mass is 10.4. The van der Waals surface area contributed by atoms with Crippen molar-refractivity contribution in [3.63, 3.8) is 0 Å². The molecule has 8 heavy (non-hydrogen) atoms. The number of aliphatic hydroxyl groups is 1. The van der Waals surface area contributed by atoms with E-state index in [-0.39, 0.29) is 6.73 Å². The van der Waals surface area contributed by atoms with E-state index < -0.39 is 0 Å². The summed E-state index contributed by atoms with van der Waals surface area (Å²) in [7, 11) is 0. The lowest BCUT2D eigenvalue weighted by molar-refractivity contribution is 0.0228. The molecule has 0 aromatic rings. The quantitative estimate of drug-likeness (QED) is 0.397. The molecule has 0 saturated carbocycles. The zero-order valence-corrected chi connectivity index (χ0v) is 4.72. The van der Waals surface area contributed by atoms with Crippen molar-refractivity contribution in [2.45, 2.75) is 6.42 Å². The average molecular weight is 117 g/mol. The van der Waals surface area contributed by atoms with Gasteiger partial charge < -0.3 is 5.11 Å². The first-order valence-electron chi connectivity index (χ1n) is 2.78. The summed E-state index contributed by atoms with van der Waals surface area (Å²) in [6, 6.07) is 0. The molecule has 4 nitrogen and oxygen atoms in total. The smallest absolute Gasteiger partial charge is 0.110 e. The average Bonchev–Trinajstić information content (AvgIpc) is 1.90. The first-order valence-corrected chi connectivity index (χ1v) is 2.78. The fourth-order valence-corrected chi connectivity index (χ4v) is 0.688. The molecule has 0 aromatic carbocycles. The highest BCUT2D eigenvalue weighted by Crippen LogP contribution is 1.86. The van der Waals surface area contributed by atoms with E-state index in [1.807, 2.05) is 0 Å². The van der Waals surface area contributed by atoms with Gasteiger partial charge in [0.05, 0.1) is 0 Å². The third kappa shape index (κ3) is 1.41. The molecule has 1 rings (SSSR count). The number of aliphatic hydroxyl groups excluding tert-OH is 1. The van der Waals surface area contributed by atoms with Gasteiger partial charge in [0.1, 0.15) is 6.73 Å². The monoisotopic (exact) mass is 117 g/mol. The summed E-state index contributed by atoms with van der Waals surface area (Å²) < 4.78 is 0. The highest BCUT2D eigenvalue weighted by molar-refractivity contribution is 4.52. The molecular weight excluding hydrogens is 106 g/mol. The van der Waals surface area contributed by atoms with Gasteiger partial charge >= 0.3 is 0 Å². The van der Waals surface area contributed by atoms with Crippen molar-refractivity contribution in [3.05, 3.63) is 0 Å². The second-order valence-corrected chi connectivity index (χ2v) is 1.80. The lowest BCUT2D eigenvalue weighted by Gasteiger charge is -2.25. The minimum atomic E-state index is 0.0764. The molecule has 0 atom stereocenters. The molecule has 1 heterocycles. The van der Waals surface area contributed by atoms with Crippen LogP contribution in [-0.4, -0.2) is 29.9 Å². The van der Waals surface area contributed by atoms with Gasteiger partial charge in [-0.15, -0.1) is 0 Å². The van der Waals surface area contributed by atoms with E-state index in [0.717, 1.165) is 19.5 Å². The van der Waals surface area contributed by atoms with Crippen LogP contribution in [0.2, 0.25) is 0 Å². The summed E-state index contributed by atoms with van der Waals surface area (Å²) in [5.74, 6) is 0. The second kappa shape index (κ2) is 2.99. The Hall–Kier alpha value is -0.160. The Morgan fingerprint density at radius 3 is 2.88 bits per heavy atom. The maximum Gasteiger partial charge on any atom is 0.110 e. The summed E-state index contributed by atoms with van der Waals surface area (Å²) in [6.07, 6.45) is 1.09. The van der Waals surface area contributed by atoms with E-state index >= 15 is 0 Å². The highest BCUT2D eigenvalue weighted by atomic mass is 16.3. The van der Waals surface area contributed by atoms with Crippen LogP contribution in [0.4, 0.5) is 0 Å². The van der Waals surface area contributed by atoms with Crippen LogP contribution in [0.1, 0.15) is 6.42 Å². The van der Waals surface area contributed by atoms with Crippen LogP contribution in [0.25, 0.3) is 0 Å². The van der Waals surface area contributed by atoms with Crippen molar-refractivity contribution in [2.75, 3.05) is 19.8 Å². The molecule has 1 saturated heterocycles. The van der Waals surface area contributed by atoms with E-state index in [1.54, 1.807) is 5.01 Å². The van der Waals surface area contributed by atoms with Gasteiger partial charge in [-0.2, -0.15) is 5.53 Å². The summed E-state index contributed by atoms with van der Waals surface area (Å²) in [5, 5.41) is 10.2. The van der Waals surface area contributed by atoms with Crippen LogP contribution in [0.15, 0.2) is 0 Å². The van der Waals surface area contributed by atoms with Gasteiger partial charge in [-0.1, -0.05) is 0 Å². The molecular formula is C4H11N3O. The zero-order valence-electron chi connectivity index (χ0n) is 4.72. The number of hydrazine groups is 2. The fraction of sp³-hybridized carbons (Fsp3) is 1.00. The standard InChI is InChI=1S/C4H11N3O/c8-4-7-3-1-2-5-6-7/h5-6,8H,1-4H2. The van der Waals surface area contributed by atoms with Gasteiger partial charge in [-0.3, -0.25) is 0 Å². The third-order valence-corrected chi connectivity index (χ3v) is 1.14. The van der Waals surface area contributed by atoms with Crippen molar-refractivity contribution in [1.29, 1.82) is 0 Å². The van der Waals surface area contributed by atoms with Crippen LogP contribution in [-0.2, 0) is 0 Å². The molecule has 1 aliphatic rings. The van der Waals surface area contributed by atoms with E-state index in [4.69, 9.17) is 5.11 Å². The largest absolute Gasteiger partial charge is 0.380 e. The van der Waals surface area contributed by atoms with Crippen LogP contribution in [0.3, 0.4) is 0 Å². The van der Waals surface area contributed by atoms with E-state index in [0.29, 0.717) is 0 Å². The summed E-state index contributed by atoms with van der Waals surface area (Å²) in [5.41, 5.74) is 5.70. The molecule has 0 aromatic heterocycles. The topological polar surface area (TPSA) is 47.5 Å². The SMILES string of the molecule is OCN1CCCNN1. The van der Waals surface area contributed by atoms with Crippen LogP contribution >= 0.6 is 0 Å². The predicted octanol–water partition coefficient (Wildman–Crippen LogP) is -1.35. The van der Waals surface area contributed by atoms with Crippen molar-refractivity contribution >= 4 is 0 Å². The number of hydrogen-bond donors (Lipinski definition) is 3. The Morgan fingerprint density at radius 1 is 1.62 bits per heavy atom. The molecule has 1 aliphatic heterocycles. The molecule has 0 radical (unpaired) electrons. The highest BCUT2D eigenvalue weighted by Gasteiger charge is 2.04. The van der Waals surface area contributed by atoms with Crippen LogP contribution in [0, 0.1) is 0 Å². The Kier molecular flexibility index (Phi) is 2.23. The van der Waals surface area contributed by atoms with E-state index in [9.17, 15) is 0 Å². The van der Waals surface area contributed by atoms with Gasteiger partial charge in [-0.05, 0) is 6.42 Å². The minimum Gasteiger partial charge on any atom is -0.380 e. The van der Waals surface area contributed by atoms with Crippen molar-refractivity contribution in [3.8, 4) is 0 Å². The van der Waals surface area contributed by atoms with Crippen molar-refractivity contribution in [1.82, 2.24) is 16.0 Å². The minimum absolute atomic E-state index is 0.0764. The predicted molar refractivity (Wildman–Crippen MR) is 29.5 cm³/mol. The third-order valence-electron chi connectivity index (χ3n) is 1.14. The first kappa shape index (κ1) is 5.97. The van der Waals surface area contributed by atoms with E-state index in [1.165, 1.54) is 0 Å². The Morgan fingerprint density at radius 2 is 2.50 bits per heavy atom. The normalized spacial score (nSPS) is 23.6. The van der Waals surface area contributed by atoms with Gasteiger partial charge in [0.2, 0.25) is 0 Å². The lowest BCUT2D eigenvalue weighted by Crippen LogP contribution is -2.52. The molecule has 0 spiro atoms. The first-order chi connectivity index (χ1) is 3.93.